The number of nitrogens with zero attached hydrogens (tertiary/aromatic N) is 4. The first-order valence-electron chi connectivity index (χ1n) is 13.6. The second-order valence-electron chi connectivity index (χ2n) is 10.7. The molecule has 0 unspecified atom stereocenters. The first kappa shape index (κ1) is 35.0. The van der Waals surface area contributed by atoms with Crippen molar-refractivity contribution in [2.45, 2.75) is 37.3 Å². The van der Waals surface area contributed by atoms with Gasteiger partial charge in [0.05, 0.1) is 0 Å². The second-order valence-corrected chi connectivity index (χ2v) is 10.7. The van der Waals surface area contributed by atoms with Crippen LogP contribution >= 0.6 is 0 Å². The summed E-state index contributed by atoms with van der Waals surface area (Å²) in [6.45, 7) is -1.11. The number of aromatic nitrogens is 1. The van der Waals surface area contributed by atoms with Crippen LogP contribution in [0, 0.1) is 0 Å². The summed E-state index contributed by atoms with van der Waals surface area (Å²) in [7, 11) is -1.11. The van der Waals surface area contributed by atoms with Crippen LogP contribution in [0.15, 0.2) is 73.1 Å². The van der Waals surface area contributed by atoms with E-state index in [1.165, 1.54) is 14.1 Å². The maximum absolute atomic E-state index is 12.9. The third-order valence-electron chi connectivity index (χ3n) is 7.18. The smallest absolute Gasteiger partial charge is 0.418 e. The van der Waals surface area contributed by atoms with Crippen molar-refractivity contribution in [1.29, 1.82) is 0 Å². The Morgan fingerprint density at radius 1 is 0.795 bits per heavy atom. The van der Waals surface area contributed by atoms with Gasteiger partial charge in [0, 0.05) is 54.3 Å². The lowest BCUT2D eigenvalue weighted by molar-refractivity contribution is -0.705. The highest BCUT2D eigenvalue weighted by Crippen LogP contribution is 2.31. The first-order chi connectivity index (χ1) is 20.3. The van der Waals surface area contributed by atoms with Gasteiger partial charge in [-0.25, -0.2) is 0 Å². The van der Waals surface area contributed by atoms with Gasteiger partial charge >= 0.3 is 19.6 Å². The molecule has 0 bridgehead atoms. The first-order valence-corrected chi connectivity index (χ1v) is 13.6. The highest BCUT2D eigenvalue weighted by Gasteiger charge is 2.32. The molecule has 4 nitrogen and oxygen atoms in total. The van der Waals surface area contributed by atoms with Gasteiger partial charge in [0.2, 0.25) is 6.04 Å². The van der Waals surface area contributed by atoms with Crippen LogP contribution < -0.4 is 14.4 Å². The molecule has 15 heteroatoms. The summed E-state index contributed by atoms with van der Waals surface area (Å²) in [6, 6.07) is 17.9. The van der Waals surface area contributed by atoms with Crippen molar-refractivity contribution in [2.24, 2.45) is 0 Å². The van der Waals surface area contributed by atoms with E-state index in [-0.39, 0.29) is 12.1 Å². The summed E-state index contributed by atoms with van der Waals surface area (Å²) in [5.74, 6) is 0. The van der Waals surface area contributed by atoms with Gasteiger partial charge in [0.25, 0.3) is 0 Å². The van der Waals surface area contributed by atoms with E-state index < -0.39 is 32.7 Å². The van der Waals surface area contributed by atoms with Gasteiger partial charge in [-0.15, -0.1) is 0 Å². The van der Waals surface area contributed by atoms with Gasteiger partial charge in [-0.3, -0.25) is 4.90 Å². The lowest BCUT2D eigenvalue weighted by atomic mass is 9.96. The maximum Gasteiger partial charge on any atom is 0.673 e. The highest BCUT2D eigenvalue weighted by molar-refractivity contribution is 6.50. The molecule has 1 saturated heterocycles. The Balaban J connectivity index is 0.000000978. The van der Waals surface area contributed by atoms with Crippen molar-refractivity contribution in [3.8, 4) is 0 Å². The van der Waals surface area contributed by atoms with E-state index >= 15 is 0 Å². The van der Waals surface area contributed by atoms with Gasteiger partial charge in [-0.2, -0.15) is 30.9 Å². The molecule has 0 amide bonds. The quantitative estimate of drug-likeness (QED) is 0.143. The summed E-state index contributed by atoms with van der Waals surface area (Å²) < 4.78 is 118. The molecule has 44 heavy (non-hydrogen) atoms. The van der Waals surface area contributed by atoms with Crippen molar-refractivity contribution in [2.75, 3.05) is 50.6 Å². The van der Waals surface area contributed by atoms with E-state index in [4.69, 9.17) is 0 Å². The van der Waals surface area contributed by atoms with E-state index in [0.29, 0.717) is 11.4 Å². The van der Waals surface area contributed by atoms with Crippen molar-refractivity contribution in [3.05, 3.63) is 89.7 Å². The number of halogens is 10. The minimum atomic E-state index is -6.00. The van der Waals surface area contributed by atoms with Crippen molar-refractivity contribution < 1.29 is 48.2 Å². The zero-order chi connectivity index (χ0) is 32.9. The molecule has 1 aromatic heterocycles. The van der Waals surface area contributed by atoms with Gasteiger partial charge in [0.15, 0.2) is 12.4 Å². The summed E-state index contributed by atoms with van der Waals surface area (Å²) in [5.41, 5.74) is 3.72. The SMILES string of the molecule is CN(CC(F)(F)F)c1ccc(C(c2ccc(N(C)CC(F)(F)F)cc2)[n+]2cccc([C@@H]3CCCN3C)c2)cc1.F[B-](F)(F)F. The summed E-state index contributed by atoms with van der Waals surface area (Å²) in [5, 5.41) is 0. The molecule has 1 aliphatic heterocycles. The van der Waals surface area contributed by atoms with Crippen LogP contribution in [0.4, 0.5) is 55.0 Å². The molecule has 0 N–H and O–H groups in total. The number of alkyl halides is 6. The molecule has 1 fully saturated rings. The molecular formula is C29H33BF10N4. The highest BCUT2D eigenvalue weighted by atomic mass is 19.5. The van der Waals surface area contributed by atoms with E-state index in [0.717, 1.165) is 45.9 Å². The number of likely N-dealkylation sites (tertiary alicyclic amines) is 1. The van der Waals surface area contributed by atoms with Crippen molar-refractivity contribution >= 4 is 18.6 Å². The van der Waals surface area contributed by atoms with E-state index in [1.807, 2.05) is 12.3 Å². The molecule has 1 atom stereocenters. The monoisotopic (exact) mass is 638 g/mol. The van der Waals surface area contributed by atoms with Crippen molar-refractivity contribution in [3.63, 3.8) is 0 Å². The topological polar surface area (TPSA) is 13.6 Å². The Kier molecular flexibility index (Phi) is 11.2. The van der Waals surface area contributed by atoms with Crippen LogP contribution in [0.3, 0.4) is 0 Å². The number of hydrogen-bond acceptors (Lipinski definition) is 3. The normalized spacial score (nSPS) is 16.1. The average molecular weight is 638 g/mol. The van der Waals surface area contributed by atoms with E-state index in [9.17, 15) is 43.6 Å². The predicted molar refractivity (Wildman–Crippen MR) is 150 cm³/mol. The molecule has 0 spiro atoms. The number of benzene rings is 2. The summed E-state index contributed by atoms with van der Waals surface area (Å²) >= 11 is 0. The largest absolute Gasteiger partial charge is 0.673 e. The van der Waals surface area contributed by atoms with Gasteiger partial charge in [0.1, 0.15) is 13.1 Å². The van der Waals surface area contributed by atoms with Gasteiger partial charge in [-0.1, -0.05) is 0 Å². The minimum Gasteiger partial charge on any atom is -0.418 e. The summed E-state index contributed by atoms with van der Waals surface area (Å²) in [6.07, 6.45) is -2.45. The molecule has 3 aromatic rings. The second kappa shape index (κ2) is 14.1. The average Bonchev–Trinajstić information content (AvgIpc) is 3.33. The van der Waals surface area contributed by atoms with Gasteiger partial charge in [-0.05, 0) is 81.0 Å². The maximum atomic E-state index is 12.9. The molecule has 242 valence electrons. The predicted octanol–water partition coefficient (Wildman–Crippen LogP) is 7.68. The third-order valence-corrected chi connectivity index (χ3v) is 7.18. The van der Waals surface area contributed by atoms with Crippen LogP contribution in [0.2, 0.25) is 0 Å². The molecule has 2 aromatic carbocycles. The Hall–Kier alpha value is -3.49. The van der Waals surface area contributed by atoms with Crippen LogP contribution in [0.1, 0.15) is 41.6 Å². The van der Waals surface area contributed by atoms with Gasteiger partial charge < -0.3 is 27.1 Å². The third kappa shape index (κ3) is 10.9. The number of hydrogen-bond donors (Lipinski definition) is 0. The minimum absolute atomic E-state index is 0.287. The lowest BCUT2D eigenvalue weighted by Gasteiger charge is -2.23. The molecule has 4 rings (SSSR count). The van der Waals surface area contributed by atoms with E-state index in [2.05, 4.69) is 28.8 Å². The van der Waals surface area contributed by atoms with E-state index in [1.54, 1.807) is 48.5 Å². The molecule has 0 radical (unpaired) electrons. The number of pyridine rings is 1. The molecular weight excluding hydrogens is 605 g/mol. The van der Waals surface area contributed by atoms with Crippen molar-refractivity contribution in [1.82, 2.24) is 4.90 Å². The molecule has 0 aliphatic carbocycles. The lowest BCUT2D eigenvalue weighted by Crippen LogP contribution is -2.41. The summed E-state index contributed by atoms with van der Waals surface area (Å²) in [4.78, 5) is 4.60. The Morgan fingerprint density at radius 3 is 1.59 bits per heavy atom. The standard InChI is InChI=1S/C29H33F6N4.BF4/c1-36-16-5-7-26(36)23-6-4-17-39(18-23)27(21-8-12-24(13-9-21)37(2)19-28(30,31)32)22-10-14-25(15-11-22)38(3)20-29(33,34)35;2-1(3,4)5/h4,6,8-15,17-18,26-27H,5,7,16,19-20H2,1-3H3;/q+1;-1/t26-;/m0./s1. The fraction of sp³-hybridized carbons (Fsp3) is 0.414. The fourth-order valence-electron chi connectivity index (χ4n) is 5.28. The number of rotatable bonds is 8. The molecule has 0 saturated carbocycles. The molecule has 1 aliphatic rings. The van der Waals surface area contributed by atoms with Crippen LogP contribution in [-0.4, -0.2) is 65.3 Å². The Bertz CT molecular complexity index is 1260. The van der Waals surface area contributed by atoms with Crippen LogP contribution in [-0.2, 0) is 0 Å². The van der Waals surface area contributed by atoms with Crippen LogP contribution in [0.5, 0.6) is 0 Å². The van der Waals surface area contributed by atoms with Crippen LogP contribution in [0.25, 0.3) is 0 Å². The zero-order valence-electron chi connectivity index (χ0n) is 24.3. The fourth-order valence-corrected chi connectivity index (χ4v) is 5.28. The Morgan fingerprint density at radius 2 is 1.23 bits per heavy atom. The number of anilines is 2. The molecule has 2 heterocycles. The zero-order valence-corrected chi connectivity index (χ0v) is 24.3. The Labute approximate surface area is 249 Å².